The normalized spacial score (nSPS) is 30.2. The van der Waals surface area contributed by atoms with Crippen LogP contribution in [0.25, 0.3) is 0 Å². The Bertz CT molecular complexity index is 228. The molecule has 0 aromatic carbocycles. The topological polar surface area (TPSA) is 38.3 Å². The van der Waals surface area contributed by atoms with Crippen molar-refractivity contribution in [1.29, 1.82) is 0 Å². The number of hydrogen-bond donors (Lipinski definition) is 1. The van der Waals surface area contributed by atoms with Crippen molar-refractivity contribution in [2.75, 3.05) is 6.61 Å². The van der Waals surface area contributed by atoms with E-state index in [-0.39, 0.29) is 6.09 Å². The van der Waals surface area contributed by atoms with Crippen LogP contribution < -0.4 is 5.32 Å². The van der Waals surface area contributed by atoms with E-state index in [4.69, 9.17) is 4.74 Å². The first-order valence-electron chi connectivity index (χ1n) is 6.47. The maximum atomic E-state index is 11.5. The van der Waals surface area contributed by atoms with Gasteiger partial charge in [0.1, 0.15) is 0 Å². The third kappa shape index (κ3) is 3.69. The first kappa shape index (κ1) is 13.3. The van der Waals surface area contributed by atoms with Gasteiger partial charge in [0, 0.05) is 6.04 Å². The highest BCUT2D eigenvalue weighted by molar-refractivity contribution is 5.67. The van der Waals surface area contributed by atoms with Gasteiger partial charge >= 0.3 is 6.09 Å². The molecule has 0 aliphatic heterocycles. The summed E-state index contributed by atoms with van der Waals surface area (Å²) in [4.78, 5) is 11.5. The highest BCUT2D eigenvalue weighted by Gasteiger charge is 2.31. The Kier molecular flexibility index (Phi) is 5.10. The molecule has 1 amide bonds. The second-order valence-corrected chi connectivity index (χ2v) is 5.30. The SMILES string of the molecule is CCOC(=O)NC1CC(C)CCC1C(C)C. The van der Waals surface area contributed by atoms with Gasteiger partial charge in [-0.1, -0.05) is 27.2 Å². The fourth-order valence-corrected chi connectivity index (χ4v) is 2.69. The molecule has 0 spiro atoms. The van der Waals surface area contributed by atoms with Crippen LogP contribution in [-0.2, 0) is 4.74 Å². The van der Waals surface area contributed by atoms with Crippen LogP contribution in [0.3, 0.4) is 0 Å². The van der Waals surface area contributed by atoms with Crippen molar-refractivity contribution in [2.45, 2.75) is 53.0 Å². The third-order valence-corrected chi connectivity index (χ3v) is 3.60. The molecule has 1 rings (SSSR count). The Morgan fingerprint density at radius 2 is 2.12 bits per heavy atom. The molecule has 0 bridgehead atoms. The molecule has 0 aromatic rings. The van der Waals surface area contributed by atoms with Crippen molar-refractivity contribution in [3.05, 3.63) is 0 Å². The lowest BCUT2D eigenvalue weighted by molar-refractivity contribution is 0.122. The molecule has 94 valence electrons. The molecular weight excluding hydrogens is 202 g/mol. The zero-order valence-corrected chi connectivity index (χ0v) is 11.0. The van der Waals surface area contributed by atoms with Crippen LogP contribution in [0.2, 0.25) is 0 Å². The first-order chi connectivity index (χ1) is 7.54. The summed E-state index contributed by atoms with van der Waals surface area (Å²) in [6.45, 7) is 9.01. The second kappa shape index (κ2) is 6.12. The smallest absolute Gasteiger partial charge is 0.407 e. The monoisotopic (exact) mass is 227 g/mol. The predicted octanol–water partition coefficient (Wildman–Crippen LogP) is 3.19. The van der Waals surface area contributed by atoms with Crippen molar-refractivity contribution < 1.29 is 9.53 Å². The molecule has 3 atom stereocenters. The van der Waals surface area contributed by atoms with Gasteiger partial charge in [-0.25, -0.2) is 4.79 Å². The van der Waals surface area contributed by atoms with E-state index < -0.39 is 0 Å². The summed E-state index contributed by atoms with van der Waals surface area (Å²) in [6.07, 6.45) is 3.33. The molecule has 0 aromatic heterocycles. The van der Waals surface area contributed by atoms with E-state index in [0.717, 1.165) is 6.42 Å². The van der Waals surface area contributed by atoms with Crippen LogP contribution >= 0.6 is 0 Å². The molecule has 1 saturated carbocycles. The molecule has 1 N–H and O–H groups in total. The van der Waals surface area contributed by atoms with Crippen molar-refractivity contribution >= 4 is 6.09 Å². The van der Waals surface area contributed by atoms with E-state index in [1.54, 1.807) is 0 Å². The molecular formula is C13H25NO2. The second-order valence-electron chi connectivity index (χ2n) is 5.30. The van der Waals surface area contributed by atoms with Crippen molar-refractivity contribution in [2.24, 2.45) is 17.8 Å². The van der Waals surface area contributed by atoms with Gasteiger partial charge in [0.25, 0.3) is 0 Å². The number of alkyl carbamates (subject to hydrolysis) is 1. The van der Waals surface area contributed by atoms with Crippen LogP contribution in [0.15, 0.2) is 0 Å². The number of carbonyl (C=O) groups is 1. The lowest BCUT2D eigenvalue weighted by Crippen LogP contribution is -2.45. The van der Waals surface area contributed by atoms with E-state index in [1.807, 2.05) is 6.92 Å². The third-order valence-electron chi connectivity index (χ3n) is 3.60. The van der Waals surface area contributed by atoms with Crippen LogP contribution in [-0.4, -0.2) is 18.7 Å². The molecule has 16 heavy (non-hydrogen) atoms. The van der Waals surface area contributed by atoms with E-state index in [0.29, 0.717) is 30.4 Å². The minimum absolute atomic E-state index is 0.257. The quantitative estimate of drug-likeness (QED) is 0.804. The Balaban J connectivity index is 2.54. The molecule has 0 radical (unpaired) electrons. The van der Waals surface area contributed by atoms with Crippen LogP contribution in [0.4, 0.5) is 4.79 Å². The lowest BCUT2D eigenvalue weighted by Gasteiger charge is -2.37. The van der Waals surface area contributed by atoms with Crippen LogP contribution in [0.5, 0.6) is 0 Å². The fourth-order valence-electron chi connectivity index (χ4n) is 2.69. The van der Waals surface area contributed by atoms with Gasteiger partial charge in [-0.3, -0.25) is 0 Å². The van der Waals surface area contributed by atoms with Gasteiger partial charge in [-0.2, -0.15) is 0 Å². The summed E-state index contributed by atoms with van der Waals surface area (Å²) in [5, 5.41) is 3.02. The fraction of sp³-hybridized carbons (Fsp3) is 0.923. The van der Waals surface area contributed by atoms with E-state index in [2.05, 4.69) is 26.1 Å². The highest BCUT2D eigenvalue weighted by Crippen LogP contribution is 2.33. The number of amides is 1. The summed E-state index contributed by atoms with van der Waals surface area (Å²) >= 11 is 0. The number of rotatable bonds is 3. The van der Waals surface area contributed by atoms with Crippen LogP contribution in [0, 0.1) is 17.8 Å². The van der Waals surface area contributed by atoms with E-state index in [1.165, 1.54) is 12.8 Å². The summed E-state index contributed by atoms with van der Waals surface area (Å²) in [5.41, 5.74) is 0. The summed E-state index contributed by atoms with van der Waals surface area (Å²) < 4.78 is 4.96. The average Bonchev–Trinajstić information content (AvgIpc) is 2.17. The van der Waals surface area contributed by atoms with Gasteiger partial charge in [0.05, 0.1) is 6.61 Å². The number of carbonyl (C=O) groups excluding carboxylic acids is 1. The molecule has 0 heterocycles. The van der Waals surface area contributed by atoms with Gasteiger partial charge in [0.15, 0.2) is 0 Å². The Labute approximate surface area is 98.9 Å². The number of nitrogens with one attached hydrogen (secondary N) is 1. The highest BCUT2D eigenvalue weighted by atomic mass is 16.5. The zero-order valence-electron chi connectivity index (χ0n) is 11.0. The van der Waals surface area contributed by atoms with Crippen LogP contribution in [0.1, 0.15) is 47.0 Å². The summed E-state index contributed by atoms with van der Waals surface area (Å²) in [6, 6.07) is 0.294. The Hall–Kier alpha value is -0.730. The lowest BCUT2D eigenvalue weighted by atomic mass is 9.74. The summed E-state index contributed by atoms with van der Waals surface area (Å²) in [7, 11) is 0. The van der Waals surface area contributed by atoms with Gasteiger partial charge in [0.2, 0.25) is 0 Å². The molecule has 3 unspecified atom stereocenters. The zero-order chi connectivity index (χ0) is 12.1. The van der Waals surface area contributed by atoms with Gasteiger partial charge < -0.3 is 10.1 Å². The van der Waals surface area contributed by atoms with Crippen molar-refractivity contribution in [3.8, 4) is 0 Å². The molecule has 3 nitrogen and oxygen atoms in total. The molecule has 1 fully saturated rings. The maximum Gasteiger partial charge on any atom is 0.407 e. The van der Waals surface area contributed by atoms with E-state index >= 15 is 0 Å². The molecule has 1 aliphatic rings. The molecule has 1 aliphatic carbocycles. The molecule has 0 saturated heterocycles. The Morgan fingerprint density at radius 1 is 1.44 bits per heavy atom. The van der Waals surface area contributed by atoms with Gasteiger partial charge in [-0.05, 0) is 37.5 Å². The minimum atomic E-state index is -0.257. The summed E-state index contributed by atoms with van der Waals surface area (Å²) in [5.74, 6) is 1.93. The standard InChI is InChI=1S/C13H25NO2/c1-5-16-13(15)14-12-8-10(4)6-7-11(12)9(2)3/h9-12H,5-8H2,1-4H3,(H,14,15). The first-order valence-corrected chi connectivity index (χ1v) is 6.47. The minimum Gasteiger partial charge on any atom is -0.450 e. The predicted molar refractivity (Wildman–Crippen MR) is 65.3 cm³/mol. The number of hydrogen-bond acceptors (Lipinski definition) is 2. The largest absolute Gasteiger partial charge is 0.450 e. The maximum absolute atomic E-state index is 11.5. The van der Waals surface area contributed by atoms with E-state index in [9.17, 15) is 4.79 Å². The Morgan fingerprint density at radius 3 is 2.69 bits per heavy atom. The number of ether oxygens (including phenoxy) is 1. The molecule has 3 heteroatoms. The van der Waals surface area contributed by atoms with Gasteiger partial charge in [-0.15, -0.1) is 0 Å². The van der Waals surface area contributed by atoms with Crippen molar-refractivity contribution in [1.82, 2.24) is 5.32 Å². The average molecular weight is 227 g/mol. The van der Waals surface area contributed by atoms with Crippen molar-refractivity contribution in [3.63, 3.8) is 0 Å².